The van der Waals surface area contributed by atoms with E-state index in [-0.39, 0.29) is 12.5 Å². The van der Waals surface area contributed by atoms with Gasteiger partial charge in [-0.05, 0) is 42.8 Å². The summed E-state index contributed by atoms with van der Waals surface area (Å²) < 4.78 is 12.1. The second kappa shape index (κ2) is 9.20. The Morgan fingerprint density at radius 2 is 1.78 bits per heavy atom. The molecular formula is C18H20BrNO3. The number of carbonyl (C=O) groups is 1. The molecule has 122 valence electrons. The molecule has 0 atom stereocenters. The molecule has 0 spiro atoms. The summed E-state index contributed by atoms with van der Waals surface area (Å²) in [5, 5.41) is 2.78. The second-order valence-corrected chi connectivity index (χ2v) is 5.94. The van der Waals surface area contributed by atoms with Gasteiger partial charge in [-0.3, -0.25) is 4.79 Å². The molecule has 4 nitrogen and oxygen atoms in total. The zero-order chi connectivity index (χ0) is 16.5. The van der Waals surface area contributed by atoms with Gasteiger partial charge in [0.2, 0.25) is 0 Å². The molecule has 2 aromatic carbocycles. The maximum atomic E-state index is 11.9. The summed E-state index contributed by atoms with van der Waals surface area (Å²) in [4.78, 5) is 11.9. The van der Waals surface area contributed by atoms with Gasteiger partial charge in [-0.15, -0.1) is 0 Å². The molecule has 2 rings (SSSR count). The highest BCUT2D eigenvalue weighted by molar-refractivity contribution is 9.10. The van der Waals surface area contributed by atoms with Crippen LogP contribution in [-0.4, -0.2) is 19.1 Å². The molecule has 1 N–H and O–H groups in total. The van der Waals surface area contributed by atoms with Crippen LogP contribution < -0.4 is 14.8 Å². The Morgan fingerprint density at radius 1 is 1.09 bits per heavy atom. The molecule has 1 amide bonds. The van der Waals surface area contributed by atoms with E-state index in [0.717, 1.165) is 28.8 Å². The Hall–Kier alpha value is -2.01. The highest BCUT2D eigenvalue weighted by Gasteiger charge is 2.05. The van der Waals surface area contributed by atoms with E-state index >= 15 is 0 Å². The zero-order valence-electron chi connectivity index (χ0n) is 13.0. The van der Waals surface area contributed by atoms with Gasteiger partial charge in [0.25, 0.3) is 5.91 Å². The molecule has 0 saturated heterocycles. The highest BCUT2D eigenvalue weighted by Crippen LogP contribution is 2.20. The molecule has 0 aliphatic heterocycles. The predicted octanol–water partition coefficient (Wildman–Crippen LogP) is 4.65. The molecule has 0 heterocycles. The minimum absolute atomic E-state index is 0.0471. The van der Waals surface area contributed by atoms with E-state index in [2.05, 4.69) is 28.2 Å². The highest BCUT2D eigenvalue weighted by atomic mass is 79.9. The van der Waals surface area contributed by atoms with Crippen LogP contribution in [0.25, 0.3) is 0 Å². The zero-order valence-corrected chi connectivity index (χ0v) is 14.6. The van der Waals surface area contributed by atoms with Gasteiger partial charge in [0.05, 0.1) is 6.61 Å². The molecule has 0 aliphatic carbocycles. The molecule has 0 unspecified atom stereocenters. The third-order valence-electron chi connectivity index (χ3n) is 3.07. The van der Waals surface area contributed by atoms with Crippen LogP contribution in [-0.2, 0) is 4.79 Å². The summed E-state index contributed by atoms with van der Waals surface area (Å²) >= 11 is 3.35. The lowest BCUT2D eigenvalue weighted by Crippen LogP contribution is -2.20. The fourth-order valence-electron chi connectivity index (χ4n) is 1.87. The monoisotopic (exact) mass is 377 g/mol. The summed E-state index contributed by atoms with van der Waals surface area (Å²) in [5.74, 6) is 1.17. The van der Waals surface area contributed by atoms with Crippen LogP contribution in [0.1, 0.15) is 19.8 Å². The van der Waals surface area contributed by atoms with Crippen molar-refractivity contribution in [2.24, 2.45) is 0 Å². The van der Waals surface area contributed by atoms with Crippen LogP contribution in [0.15, 0.2) is 53.0 Å². The standard InChI is InChI=1S/C18H20BrNO3/c1-2-3-11-22-16-5-4-6-17(12-16)23-13-18(21)20-15-9-7-14(19)8-10-15/h4-10,12H,2-3,11,13H2,1H3,(H,20,21). The second-order valence-electron chi connectivity index (χ2n) is 5.02. The fourth-order valence-corrected chi connectivity index (χ4v) is 2.13. The smallest absolute Gasteiger partial charge is 0.262 e. The molecule has 0 aromatic heterocycles. The summed E-state index contributed by atoms with van der Waals surface area (Å²) in [6, 6.07) is 14.7. The van der Waals surface area contributed by atoms with Gasteiger partial charge in [-0.2, -0.15) is 0 Å². The van der Waals surface area contributed by atoms with E-state index < -0.39 is 0 Å². The fraction of sp³-hybridized carbons (Fsp3) is 0.278. The molecule has 0 radical (unpaired) electrons. The van der Waals surface area contributed by atoms with Crippen molar-refractivity contribution in [3.8, 4) is 11.5 Å². The Labute approximate surface area is 144 Å². The molecule has 5 heteroatoms. The topological polar surface area (TPSA) is 47.6 Å². The average Bonchev–Trinajstić information content (AvgIpc) is 2.56. The molecule has 0 fully saturated rings. The van der Waals surface area contributed by atoms with Crippen LogP contribution in [0.2, 0.25) is 0 Å². The number of unbranched alkanes of at least 4 members (excludes halogenated alkanes) is 1. The molecule has 23 heavy (non-hydrogen) atoms. The Kier molecular flexibility index (Phi) is 6.94. The minimum Gasteiger partial charge on any atom is -0.493 e. The number of amides is 1. The van der Waals surface area contributed by atoms with Crippen LogP contribution >= 0.6 is 15.9 Å². The van der Waals surface area contributed by atoms with Gasteiger partial charge in [0.1, 0.15) is 11.5 Å². The van der Waals surface area contributed by atoms with Crippen molar-refractivity contribution in [1.82, 2.24) is 0 Å². The van der Waals surface area contributed by atoms with Gasteiger partial charge in [0.15, 0.2) is 6.61 Å². The number of hydrogen-bond acceptors (Lipinski definition) is 3. The number of carbonyl (C=O) groups excluding carboxylic acids is 1. The normalized spacial score (nSPS) is 10.2. The molecule has 0 aliphatic rings. The van der Waals surface area contributed by atoms with E-state index in [0.29, 0.717) is 12.4 Å². The van der Waals surface area contributed by atoms with E-state index in [4.69, 9.17) is 9.47 Å². The van der Waals surface area contributed by atoms with Gasteiger partial charge in [-0.1, -0.05) is 35.3 Å². The lowest BCUT2D eigenvalue weighted by molar-refractivity contribution is -0.118. The third kappa shape index (κ3) is 6.32. The maximum absolute atomic E-state index is 11.9. The van der Waals surface area contributed by atoms with Crippen LogP contribution in [0.4, 0.5) is 5.69 Å². The lowest BCUT2D eigenvalue weighted by atomic mass is 10.3. The van der Waals surface area contributed by atoms with Crippen molar-refractivity contribution in [3.63, 3.8) is 0 Å². The van der Waals surface area contributed by atoms with Gasteiger partial charge in [0, 0.05) is 16.2 Å². The lowest BCUT2D eigenvalue weighted by Gasteiger charge is -2.10. The molecular weight excluding hydrogens is 358 g/mol. The van der Waals surface area contributed by atoms with Gasteiger partial charge >= 0.3 is 0 Å². The average molecular weight is 378 g/mol. The van der Waals surface area contributed by atoms with Gasteiger partial charge in [-0.25, -0.2) is 0 Å². The maximum Gasteiger partial charge on any atom is 0.262 e. The number of anilines is 1. The first-order chi connectivity index (χ1) is 11.2. The van der Waals surface area contributed by atoms with E-state index in [9.17, 15) is 4.79 Å². The summed E-state index contributed by atoms with van der Waals surface area (Å²) in [7, 11) is 0. The predicted molar refractivity (Wildman–Crippen MR) is 95.1 cm³/mol. The first-order valence-electron chi connectivity index (χ1n) is 7.58. The molecule has 0 bridgehead atoms. The van der Waals surface area contributed by atoms with Crippen molar-refractivity contribution in [1.29, 1.82) is 0 Å². The number of hydrogen-bond donors (Lipinski definition) is 1. The molecule has 0 saturated carbocycles. The van der Waals surface area contributed by atoms with Crippen molar-refractivity contribution >= 4 is 27.5 Å². The largest absolute Gasteiger partial charge is 0.493 e. The quantitative estimate of drug-likeness (QED) is 0.681. The Morgan fingerprint density at radius 3 is 2.48 bits per heavy atom. The number of benzene rings is 2. The van der Waals surface area contributed by atoms with E-state index in [1.54, 1.807) is 12.1 Å². The summed E-state index contributed by atoms with van der Waals surface area (Å²) in [5.41, 5.74) is 0.735. The number of rotatable bonds is 8. The first-order valence-corrected chi connectivity index (χ1v) is 8.38. The van der Waals surface area contributed by atoms with E-state index in [1.807, 2.05) is 36.4 Å². The Balaban J connectivity index is 1.81. The van der Waals surface area contributed by atoms with Crippen molar-refractivity contribution in [3.05, 3.63) is 53.0 Å². The molecule has 2 aromatic rings. The van der Waals surface area contributed by atoms with Crippen molar-refractivity contribution in [2.75, 3.05) is 18.5 Å². The van der Waals surface area contributed by atoms with Gasteiger partial charge < -0.3 is 14.8 Å². The Bertz CT molecular complexity index is 628. The van der Waals surface area contributed by atoms with Crippen molar-refractivity contribution < 1.29 is 14.3 Å². The first kappa shape index (κ1) is 17.3. The SMILES string of the molecule is CCCCOc1cccc(OCC(=O)Nc2ccc(Br)cc2)c1. The number of ether oxygens (including phenoxy) is 2. The summed E-state index contributed by atoms with van der Waals surface area (Å²) in [6.07, 6.45) is 2.10. The number of halogens is 1. The van der Waals surface area contributed by atoms with Crippen LogP contribution in [0.3, 0.4) is 0 Å². The minimum atomic E-state index is -0.204. The van der Waals surface area contributed by atoms with Crippen molar-refractivity contribution in [2.45, 2.75) is 19.8 Å². The van der Waals surface area contributed by atoms with Crippen LogP contribution in [0.5, 0.6) is 11.5 Å². The van der Waals surface area contributed by atoms with E-state index in [1.165, 1.54) is 0 Å². The van der Waals surface area contributed by atoms with Crippen LogP contribution in [0, 0.1) is 0 Å². The summed E-state index contributed by atoms with van der Waals surface area (Å²) in [6.45, 7) is 2.76. The number of nitrogens with one attached hydrogen (secondary N) is 1. The third-order valence-corrected chi connectivity index (χ3v) is 3.60.